The van der Waals surface area contributed by atoms with Gasteiger partial charge in [-0.25, -0.2) is 0 Å². The zero-order valence-corrected chi connectivity index (χ0v) is 10.3. The van der Waals surface area contributed by atoms with Gasteiger partial charge in [0.25, 0.3) is 0 Å². The molecule has 0 radical (unpaired) electrons. The topological polar surface area (TPSA) is 42.7 Å². The predicted octanol–water partition coefficient (Wildman–Crippen LogP) is 2.78. The van der Waals surface area contributed by atoms with Crippen LogP contribution in [0.4, 0.5) is 18.9 Å². The van der Waals surface area contributed by atoms with Crippen molar-refractivity contribution in [1.29, 1.82) is 0 Å². The van der Waals surface area contributed by atoms with E-state index in [1.165, 1.54) is 10.9 Å². The number of hydrogen-bond donors (Lipinski definition) is 1. The molecule has 0 aliphatic rings. The van der Waals surface area contributed by atoms with Gasteiger partial charge in [0.2, 0.25) is 0 Å². The molecule has 4 nitrogen and oxygen atoms in total. The predicted molar refractivity (Wildman–Crippen MR) is 64.7 cm³/mol. The smallest absolute Gasteiger partial charge is 0.385 e. The molecule has 19 heavy (non-hydrogen) atoms. The third-order valence-electron chi connectivity index (χ3n) is 2.45. The molecule has 0 spiro atoms. The molecule has 2 aromatic heterocycles. The van der Waals surface area contributed by atoms with Crippen LogP contribution in [0.2, 0.25) is 0 Å². The molecule has 0 aliphatic heterocycles. The standard InChI is InChI=1S/C12H13F3N4/c1-2-16-9-3-5-17-10(7-9)8-19-6-4-11(18-19)12(13,14)15/h3-7H,2,8H2,1H3,(H,16,17). The summed E-state index contributed by atoms with van der Waals surface area (Å²) in [5.74, 6) is 0. The zero-order valence-electron chi connectivity index (χ0n) is 10.3. The van der Waals surface area contributed by atoms with Gasteiger partial charge in [-0.3, -0.25) is 9.67 Å². The molecular formula is C12H13F3N4. The van der Waals surface area contributed by atoms with E-state index in [4.69, 9.17) is 0 Å². The molecule has 0 saturated heterocycles. The Morgan fingerprint density at radius 1 is 1.32 bits per heavy atom. The lowest BCUT2D eigenvalue weighted by molar-refractivity contribution is -0.141. The van der Waals surface area contributed by atoms with Gasteiger partial charge in [-0.1, -0.05) is 0 Å². The lowest BCUT2D eigenvalue weighted by Gasteiger charge is -2.06. The van der Waals surface area contributed by atoms with Crippen LogP contribution in [0, 0.1) is 0 Å². The van der Waals surface area contributed by atoms with E-state index >= 15 is 0 Å². The highest BCUT2D eigenvalue weighted by molar-refractivity contribution is 5.42. The zero-order chi connectivity index (χ0) is 13.9. The second-order valence-electron chi connectivity index (χ2n) is 3.96. The molecule has 0 aliphatic carbocycles. The van der Waals surface area contributed by atoms with Gasteiger partial charge in [0.1, 0.15) is 0 Å². The molecule has 2 heterocycles. The van der Waals surface area contributed by atoms with E-state index in [0.717, 1.165) is 18.3 Å². The van der Waals surface area contributed by atoms with E-state index in [2.05, 4.69) is 15.4 Å². The highest BCUT2D eigenvalue weighted by Gasteiger charge is 2.33. The molecule has 7 heteroatoms. The summed E-state index contributed by atoms with van der Waals surface area (Å²) >= 11 is 0. The maximum atomic E-state index is 12.4. The second-order valence-corrected chi connectivity index (χ2v) is 3.96. The minimum atomic E-state index is -4.41. The normalized spacial score (nSPS) is 11.6. The Balaban J connectivity index is 2.12. The molecule has 102 valence electrons. The van der Waals surface area contributed by atoms with Gasteiger partial charge in [-0.05, 0) is 25.1 Å². The van der Waals surface area contributed by atoms with Crippen molar-refractivity contribution >= 4 is 5.69 Å². The van der Waals surface area contributed by atoms with E-state index in [1.807, 2.05) is 6.92 Å². The van der Waals surface area contributed by atoms with Gasteiger partial charge >= 0.3 is 6.18 Å². The fourth-order valence-electron chi connectivity index (χ4n) is 1.65. The SMILES string of the molecule is CCNc1ccnc(Cn2ccc(C(F)(F)F)n2)c1. The van der Waals surface area contributed by atoms with Crippen LogP contribution in [0.15, 0.2) is 30.6 Å². The Morgan fingerprint density at radius 2 is 2.11 bits per heavy atom. The number of halogens is 3. The number of hydrogen-bond acceptors (Lipinski definition) is 3. The fourth-order valence-corrected chi connectivity index (χ4v) is 1.65. The van der Waals surface area contributed by atoms with Crippen LogP contribution in [-0.2, 0) is 12.7 Å². The monoisotopic (exact) mass is 270 g/mol. The van der Waals surface area contributed by atoms with Crippen molar-refractivity contribution in [2.75, 3.05) is 11.9 Å². The van der Waals surface area contributed by atoms with E-state index in [0.29, 0.717) is 5.69 Å². The Bertz CT molecular complexity index is 548. The number of rotatable bonds is 4. The summed E-state index contributed by atoms with van der Waals surface area (Å²) in [6, 6.07) is 4.55. The first-order valence-electron chi connectivity index (χ1n) is 5.78. The summed E-state index contributed by atoms with van der Waals surface area (Å²) in [5, 5.41) is 6.60. The molecule has 0 atom stereocenters. The lowest BCUT2D eigenvalue weighted by Crippen LogP contribution is -2.09. The lowest BCUT2D eigenvalue weighted by atomic mass is 10.3. The molecule has 0 aromatic carbocycles. The van der Waals surface area contributed by atoms with E-state index in [9.17, 15) is 13.2 Å². The molecule has 0 amide bonds. The average molecular weight is 270 g/mol. The minimum Gasteiger partial charge on any atom is -0.385 e. The Labute approximate surface area is 108 Å². The van der Waals surface area contributed by atoms with Crippen molar-refractivity contribution in [3.8, 4) is 0 Å². The third-order valence-corrected chi connectivity index (χ3v) is 2.45. The van der Waals surface area contributed by atoms with E-state index in [1.54, 1.807) is 18.3 Å². The quantitative estimate of drug-likeness (QED) is 0.929. The summed E-state index contributed by atoms with van der Waals surface area (Å²) in [5.41, 5.74) is 0.640. The van der Waals surface area contributed by atoms with Gasteiger partial charge in [0, 0.05) is 24.6 Å². The van der Waals surface area contributed by atoms with Gasteiger partial charge in [-0.15, -0.1) is 0 Å². The van der Waals surface area contributed by atoms with Gasteiger partial charge < -0.3 is 5.32 Å². The van der Waals surface area contributed by atoms with Crippen LogP contribution in [0.5, 0.6) is 0 Å². The fraction of sp³-hybridized carbons (Fsp3) is 0.333. The summed E-state index contributed by atoms with van der Waals surface area (Å²) in [6.07, 6.45) is -1.50. The van der Waals surface area contributed by atoms with E-state index < -0.39 is 11.9 Å². The number of pyridine rings is 1. The molecule has 2 aromatic rings. The third kappa shape index (κ3) is 3.46. The Morgan fingerprint density at radius 3 is 2.74 bits per heavy atom. The molecular weight excluding hydrogens is 257 g/mol. The van der Waals surface area contributed by atoms with Crippen molar-refractivity contribution in [3.05, 3.63) is 42.0 Å². The van der Waals surface area contributed by atoms with Crippen LogP contribution < -0.4 is 5.32 Å². The molecule has 0 unspecified atom stereocenters. The van der Waals surface area contributed by atoms with Gasteiger partial charge in [0.15, 0.2) is 5.69 Å². The van der Waals surface area contributed by atoms with Crippen molar-refractivity contribution in [3.63, 3.8) is 0 Å². The maximum absolute atomic E-state index is 12.4. The van der Waals surface area contributed by atoms with Crippen molar-refractivity contribution in [1.82, 2.24) is 14.8 Å². The first-order chi connectivity index (χ1) is 8.99. The van der Waals surface area contributed by atoms with Crippen LogP contribution in [0.25, 0.3) is 0 Å². The highest BCUT2D eigenvalue weighted by atomic mass is 19.4. The van der Waals surface area contributed by atoms with Crippen molar-refractivity contribution in [2.45, 2.75) is 19.6 Å². The number of nitrogens with zero attached hydrogens (tertiary/aromatic N) is 3. The summed E-state index contributed by atoms with van der Waals surface area (Å²) < 4.78 is 38.4. The number of alkyl halides is 3. The van der Waals surface area contributed by atoms with E-state index in [-0.39, 0.29) is 6.54 Å². The van der Waals surface area contributed by atoms with Gasteiger partial charge in [0.05, 0.1) is 12.2 Å². The first-order valence-corrected chi connectivity index (χ1v) is 5.78. The second kappa shape index (κ2) is 5.29. The minimum absolute atomic E-state index is 0.204. The van der Waals surface area contributed by atoms with Crippen molar-refractivity contribution in [2.24, 2.45) is 0 Å². The Kier molecular flexibility index (Phi) is 3.73. The molecule has 0 bridgehead atoms. The average Bonchev–Trinajstić information content (AvgIpc) is 2.78. The van der Waals surface area contributed by atoms with Crippen LogP contribution in [0.3, 0.4) is 0 Å². The molecule has 0 saturated carbocycles. The van der Waals surface area contributed by atoms with Crippen molar-refractivity contribution < 1.29 is 13.2 Å². The molecule has 0 fully saturated rings. The van der Waals surface area contributed by atoms with Gasteiger partial charge in [-0.2, -0.15) is 18.3 Å². The Hall–Kier alpha value is -2.05. The summed E-state index contributed by atoms with van der Waals surface area (Å²) in [6.45, 7) is 2.93. The first kappa shape index (κ1) is 13.4. The van der Waals surface area contributed by atoms with Crippen LogP contribution in [0.1, 0.15) is 18.3 Å². The largest absolute Gasteiger partial charge is 0.435 e. The molecule has 2 rings (SSSR count). The summed E-state index contributed by atoms with van der Waals surface area (Å²) in [4.78, 5) is 4.11. The highest BCUT2D eigenvalue weighted by Crippen LogP contribution is 2.27. The number of anilines is 1. The van der Waals surface area contributed by atoms with Crippen LogP contribution in [-0.4, -0.2) is 21.3 Å². The molecule has 1 N–H and O–H groups in total. The van der Waals surface area contributed by atoms with Crippen LogP contribution >= 0.6 is 0 Å². The maximum Gasteiger partial charge on any atom is 0.435 e. The number of nitrogens with one attached hydrogen (secondary N) is 1. The number of aromatic nitrogens is 3. The summed E-state index contributed by atoms with van der Waals surface area (Å²) in [7, 11) is 0.